The van der Waals surface area contributed by atoms with Gasteiger partial charge in [0.1, 0.15) is 53.0 Å². The van der Waals surface area contributed by atoms with Crippen LogP contribution in [0.15, 0.2) is 18.3 Å². The number of rotatable bonds is 8. The summed E-state index contributed by atoms with van der Waals surface area (Å²) in [6.45, 7) is 2.05. The molecule has 2 saturated heterocycles. The summed E-state index contributed by atoms with van der Waals surface area (Å²) < 4.78 is 22.5. The number of aryl methyl sites for hydroxylation is 1. The molecule has 13 nitrogen and oxygen atoms in total. The number of nitrogens with zero attached hydrogens (tertiary/aromatic N) is 5. The van der Waals surface area contributed by atoms with E-state index in [-0.39, 0.29) is 47.5 Å². The zero-order valence-electron chi connectivity index (χ0n) is 23.7. The normalized spacial score (nSPS) is 21.6. The van der Waals surface area contributed by atoms with Crippen molar-refractivity contribution in [1.29, 1.82) is 5.26 Å². The minimum atomic E-state index is -0.484. The average Bonchev–Trinajstić information content (AvgIpc) is 3.55. The predicted molar refractivity (Wildman–Crippen MR) is 149 cm³/mol. The number of anilines is 2. The first-order chi connectivity index (χ1) is 20.4. The van der Waals surface area contributed by atoms with E-state index >= 15 is 0 Å². The number of aromatic nitrogens is 2. The number of carbonyl (C=O) groups is 3. The van der Waals surface area contributed by atoms with Crippen LogP contribution < -0.4 is 15.0 Å². The molecule has 0 spiro atoms. The molecule has 1 N–H and O–H groups in total. The third-order valence-electron chi connectivity index (χ3n) is 7.67. The molecule has 222 valence electrons. The van der Waals surface area contributed by atoms with E-state index in [0.29, 0.717) is 69.7 Å². The fourth-order valence-electron chi connectivity index (χ4n) is 5.41. The molecule has 0 bridgehead atoms. The van der Waals surface area contributed by atoms with Crippen molar-refractivity contribution < 1.29 is 33.3 Å². The first-order valence-electron chi connectivity index (χ1n) is 14.0. The maximum absolute atomic E-state index is 13.4. The van der Waals surface area contributed by atoms with Gasteiger partial charge in [-0.15, -0.1) is 0 Å². The van der Waals surface area contributed by atoms with Gasteiger partial charge in [-0.2, -0.15) is 5.26 Å². The zero-order valence-corrected chi connectivity index (χ0v) is 23.7. The molecule has 42 heavy (non-hydrogen) atoms. The number of carbonyl (C=O) groups excluding carboxylic acids is 3. The molecule has 13 heteroatoms. The SMILES string of the molecule is CO[C@@H]1COCC[C@H]1Oc1cc(NC(=O)N2CCCc3cc(CN(C)C(=O)[C@H]4CCCO4)c(C=O)nc32)ncc1C#N. The van der Waals surface area contributed by atoms with Crippen molar-refractivity contribution in [3.63, 3.8) is 0 Å². The molecule has 5 heterocycles. The van der Waals surface area contributed by atoms with E-state index in [2.05, 4.69) is 21.4 Å². The average molecular weight is 579 g/mol. The summed E-state index contributed by atoms with van der Waals surface area (Å²) in [7, 11) is 3.25. The molecule has 3 aliphatic heterocycles. The van der Waals surface area contributed by atoms with Crippen molar-refractivity contribution in [2.45, 2.75) is 57.0 Å². The van der Waals surface area contributed by atoms with E-state index < -0.39 is 12.1 Å². The third kappa shape index (κ3) is 6.35. The quantitative estimate of drug-likeness (QED) is 0.462. The molecule has 3 amide bonds. The van der Waals surface area contributed by atoms with Crippen LogP contribution in [-0.4, -0.2) is 91.9 Å². The number of methoxy groups -OCH3 is 1. The van der Waals surface area contributed by atoms with Crippen LogP contribution >= 0.6 is 0 Å². The Morgan fingerprint density at radius 2 is 2.12 bits per heavy atom. The van der Waals surface area contributed by atoms with Crippen molar-refractivity contribution in [2.24, 2.45) is 0 Å². The third-order valence-corrected chi connectivity index (χ3v) is 7.67. The largest absolute Gasteiger partial charge is 0.486 e. The van der Waals surface area contributed by atoms with Gasteiger partial charge in [0.05, 0.1) is 19.4 Å². The Balaban J connectivity index is 1.32. The van der Waals surface area contributed by atoms with Crippen molar-refractivity contribution in [1.82, 2.24) is 14.9 Å². The van der Waals surface area contributed by atoms with Gasteiger partial charge >= 0.3 is 6.03 Å². The summed E-state index contributed by atoms with van der Waals surface area (Å²) >= 11 is 0. The van der Waals surface area contributed by atoms with Gasteiger partial charge in [-0.3, -0.25) is 19.8 Å². The monoisotopic (exact) mass is 578 g/mol. The van der Waals surface area contributed by atoms with Gasteiger partial charge in [-0.25, -0.2) is 14.8 Å². The molecule has 0 aromatic carbocycles. The lowest BCUT2D eigenvalue weighted by atomic mass is 10.0. The second-order valence-electron chi connectivity index (χ2n) is 10.5. The maximum atomic E-state index is 13.4. The van der Waals surface area contributed by atoms with Crippen LogP contribution in [0.1, 0.15) is 52.9 Å². The van der Waals surface area contributed by atoms with Gasteiger partial charge in [-0.05, 0) is 37.3 Å². The molecule has 2 fully saturated rings. The van der Waals surface area contributed by atoms with Crippen LogP contribution in [0.4, 0.5) is 16.4 Å². The fraction of sp³-hybridized carbons (Fsp3) is 0.517. The molecule has 0 radical (unpaired) electrons. The molecular weight excluding hydrogens is 544 g/mol. The molecule has 2 aromatic rings. The van der Waals surface area contributed by atoms with Gasteiger partial charge in [-0.1, -0.05) is 0 Å². The first-order valence-corrected chi connectivity index (χ1v) is 14.0. The summed E-state index contributed by atoms with van der Waals surface area (Å²) in [5, 5.41) is 12.4. The highest BCUT2D eigenvalue weighted by atomic mass is 16.6. The number of hydrogen-bond acceptors (Lipinski definition) is 10. The van der Waals surface area contributed by atoms with Crippen molar-refractivity contribution >= 4 is 29.9 Å². The van der Waals surface area contributed by atoms with E-state index in [9.17, 15) is 19.6 Å². The summed E-state index contributed by atoms with van der Waals surface area (Å²) in [4.78, 5) is 50.0. The molecule has 5 rings (SSSR count). The zero-order chi connectivity index (χ0) is 29.6. The first kappa shape index (κ1) is 29.4. The van der Waals surface area contributed by atoms with Crippen LogP contribution in [0.2, 0.25) is 0 Å². The number of nitriles is 1. The summed E-state index contributed by atoms with van der Waals surface area (Å²) in [6, 6.07) is 4.94. The molecule has 2 aromatic heterocycles. The lowest BCUT2D eigenvalue weighted by molar-refractivity contribution is -0.140. The van der Waals surface area contributed by atoms with Crippen LogP contribution in [0.5, 0.6) is 5.75 Å². The number of amides is 3. The molecule has 0 saturated carbocycles. The second-order valence-corrected chi connectivity index (χ2v) is 10.5. The summed E-state index contributed by atoms with van der Waals surface area (Å²) in [5.41, 5.74) is 1.80. The standard InChI is InChI=1S/C29H34N6O7/c1-34(28(37)23-6-4-9-41-23)15-19-11-18-5-3-8-35(27(18)32-21(19)16-36)29(38)33-26-12-24(20(13-30)14-31-26)42-22-7-10-40-17-25(22)39-2/h11-12,14,16,22-23,25H,3-10,15,17H2,1-2H3,(H,31,33,38)/t22-,23-,25-/m1/s1. The smallest absolute Gasteiger partial charge is 0.328 e. The number of likely N-dealkylation sites (N-methyl/N-ethyl adjacent to an activating group) is 1. The van der Waals surface area contributed by atoms with Crippen LogP contribution in [0.3, 0.4) is 0 Å². The number of nitrogens with one attached hydrogen (secondary N) is 1. The maximum Gasteiger partial charge on any atom is 0.328 e. The van der Waals surface area contributed by atoms with E-state index in [0.717, 1.165) is 12.0 Å². The number of hydrogen-bond donors (Lipinski definition) is 1. The fourth-order valence-corrected chi connectivity index (χ4v) is 5.41. The molecule has 3 aliphatic rings. The highest BCUT2D eigenvalue weighted by molar-refractivity contribution is 6.01. The highest BCUT2D eigenvalue weighted by Gasteiger charge is 2.31. The summed E-state index contributed by atoms with van der Waals surface area (Å²) in [5.74, 6) is 0.732. The van der Waals surface area contributed by atoms with Crippen molar-refractivity contribution in [3.8, 4) is 11.8 Å². The molecule has 0 aliphatic carbocycles. The van der Waals surface area contributed by atoms with E-state index in [4.69, 9.17) is 18.9 Å². The van der Waals surface area contributed by atoms with Crippen LogP contribution in [0, 0.1) is 11.3 Å². The Morgan fingerprint density at radius 1 is 1.26 bits per heavy atom. The van der Waals surface area contributed by atoms with Crippen LogP contribution in [0.25, 0.3) is 0 Å². The Kier molecular flexibility index (Phi) is 9.26. The Labute approximate surface area is 243 Å². The van der Waals surface area contributed by atoms with Crippen molar-refractivity contribution in [2.75, 3.05) is 50.7 Å². The topological polar surface area (TPSA) is 156 Å². The lowest BCUT2D eigenvalue weighted by Gasteiger charge is -2.31. The Morgan fingerprint density at radius 3 is 2.86 bits per heavy atom. The van der Waals surface area contributed by atoms with Crippen molar-refractivity contribution in [3.05, 3.63) is 40.7 Å². The van der Waals surface area contributed by atoms with Crippen LogP contribution in [-0.2, 0) is 32.0 Å². The number of urea groups is 1. The van der Waals surface area contributed by atoms with Gasteiger partial charge < -0.3 is 23.8 Å². The molecule has 0 unspecified atom stereocenters. The van der Waals surface area contributed by atoms with Gasteiger partial charge in [0, 0.05) is 51.9 Å². The minimum Gasteiger partial charge on any atom is -0.486 e. The van der Waals surface area contributed by atoms with E-state index in [1.54, 1.807) is 19.1 Å². The van der Waals surface area contributed by atoms with Gasteiger partial charge in [0.25, 0.3) is 5.91 Å². The minimum absolute atomic E-state index is 0.129. The van der Waals surface area contributed by atoms with E-state index in [1.807, 2.05) is 6.07 Å². The number of ether oxygens (including phenoxy) is 4. The Hall–Kier alpha value is -4.12. The number of fused-ring (bicyclic) bond motifs is 1. The lowest BCUT2D eigenvalue weighted by Crippen LogP contribution is -2.42. The number of aldehydes is 1. The molecule has 3 atom stereocenters. The predicted octanol–water partition coefficient (Wildman–Crippen LogP) is 2.47. The van der Waals surface area contributed by atoms with Gasteiger partial charge in [0.2, 0.25) is 0 Å². The molecular formula is C29H34N6O7. The summed E-state index contributed by atoms with van der Waals surface area (Å²) in [6.07, 6.45) is 4.38. The second kappa shape index (κ2) is 13.2. The van der Waals surface area contributed by atoms with E-state index in [1.165, 1.54) is 17.2 Å². The van der Waals surface area contributed by atoms with Gasteiger partial charge in [0.15, 0.2) is 6.29 Å². The highest BCUT2D eigenvalue weighted by Crippen LogP contribution is 2.30. The number of pyridine rings is 2. The Bertz CT molecular complexity index is 1370.